The Kier molecular flexibility index (Phi) is 7.69. The molecule has 5 nitrogen and oxygen atoms in total. The van der Waals surface area contributed by atoms with Crippen molar-refractivity contribution in [2.45, 2.75) is 59.8 Å². The molecule has 0 aromatic heterocycles. The zero-order valence-corrected chi connectivity index (χ0v) is 17.3. The fraction of sp³-hybridized carbons (Fsp3) is 0.636. The number of unbranched alkanes of at least 4 members (excludes halogenated alkanes) is 2. The SMILES string of the molecule is CCCCCNC(=O)C(C)(C)C(=O)Nc1ccc(N2CCC(C)CC2)cc1. The maximum Gasteiger partial charge on any atom is 0.239 e. The first-order valence-corrected chi connectivity index (χ1v) is 10.3. The fourth-order valence-electron chi connectivity index (χ4n) is 3.21. The third-order valence-electron chi connectivity index (χ3n) is 5.48. The van der Waals surface area contributed by atoms with Crippen molar-refractivity contribution >= 4 is 23.2 Å². The molecule has 0 bridgehead atoms. The van der Waals surface area contributed by atoms with Crippen LogP contribution in [0.2, 0.25) is 0 Å². The van der Waals surface area contributed by atoms with E-state index < -0.39 is 5.41 Å². The Morgan fingerprint density at radius 1 is 1.07 bits per heavy atom. The van der Waals surface area contributed by atoms with E-state index in [9.17, 15) is 9.59 Å². The molecule has 1 fully saturated rings. The molecule has 0 aliphatic carbocycles. The molecule has 1 aromatic carbocycles. The van der Waals surface area contributed by atoms with Crippen LogP contribution in [0.4, 0.5) is 11.4 Å². The molecule has 2 rings (SSSR count). The van der Waals surface area contributed by atoms with Crippen molar-refractivity contribution in [1.29, 1.82) is 0 Å². The van der Waals surface area contributed by atoms with Crippen molar-refractivity contribution in [3.63, 3.8) is 0 Å². The van der Waals surface area contributed by atoms with Crippen LogP contribution in [0.5, 0.6) is 0 Å². The van der Waals surface area contributed by atoms with Gasteiger partial charge >= 0.3 is 0 Å². The molecule has 1 aliphatic rings. The van der Waals surface area contributed by atoms with Crippen LogP contribution in [-0.4, -0.2) is 31.4 Å². The van der Waals surface area contributed by atoms with Crippen LogP contribution in [0.15, 0.2) is 24.3 Å². The predicted octanol–water partition coefficient (Wildman–Crippen LogP) is 4.19. The second kappa shape index (κ2) is 9.77. The summed E-state index contributed by atoms with van der Waals surface area (Å²) < 4.78 is 0. The van der Waals surface area contributed by atoms with Crippen LogP contribution in [-0.2, 0) is 9.59 Å². The highest BCUT2D eigenvalue weighted by Crippen LogP contribution is 2.25. The van der Waals surface area contributed by atoms with Gasteiger partial charge in [0.2, 0.25) is 11.8 Å². The van der Waals surface area contributed by atoms with Crippen LogP contribution in [0.3, 0.4) is 0 Å². The van der Waals surface area contributed by atoms with Crippen LogP contribution in [0, 0.1) is 11.3 Å². The van der Waals surface area contributed by atoms with E-state index in [4.69, 9.17) is 0 Å². The van der Waals surface area contributed by atoms with E-state index in [1.54, 1.807) is 13.8 Å². The predicted molar refractivity (Wildman–Crippen MR) is 112 cm³/mol. The lowest BCUT2D eigenvalue weighted by Crippen LogP contribution is -2.45. The van der Waals surface area contributed by atoms with Gasteiger partial charge in [-0.2, -0.15) is 0 Å². The summed E-state index contributed by atoms with van der Waals surface area (Å²) >= 11 is 0. The Labute approximate surface area is 163 Å². The Morgan fingerprint density at radius 3 is 2.30 bits per heavy atom. The molecule has 1 saturated heterocycles. The van der Waals surface area contributed by atoms with E-state index in [1.165, 1.54) is 18.5 Å². The summed E-state index contributed by atoms with van der Waals surface area (Å²) in [5, 5.41) is 5.76. The van der Waals surface area contributed by atoms with Crippen molar-refractivity contribution in [3.8, 4) is 0 Å². The summed E-state index contributed by atoms with van der Waals surface area (Å²) in [6.45, 7) is 10.5. The van der Waals surface area contributed by atoms with Crippen molar-refractivity contribution in [2.75, 3.05) is 29.9 Å². The Bertz CT molecular complexity index is 617. The van der Waals surface area contributed by atoms with Crippen molar-refractivity contribution < 1.29 is 9.59 Å². The fourth-order valence-corrected chi connectivity index (χ4v) is 3.21. The Balaban J connectivity index is 1.89. The average molecular weight is 374 g/mol. The number of nitrogens with zero attached hydrogens (tertiary/aromatic N) is 1. The van der Waals surface area contributed by atoms with Gasteiger partial charge in [0.05, 0.1) is 0 Å². The Hall–Kier alpha value is -2.04. The van der Waals surface area contributed by atoms with Crippen LogP contribution < -0.4 is 15.5 Å². The number of nitrogens with one attached hydrogen (secondary N) is 2. The van der Waals surface area contributed by atoms with E-state index in [0.717, 1.165) is 44.0 Å². The lowest BCUT2D eigenvalue weighted by Gasteiger charge is -2.32. The summed E-state index contributed by atoms with van der Waals surface area (Å²) in [6, 6.07) is 7.92. The average Bonchev–Trinajstić information content (AvgIpc) is 2.66. The number of rotatable bonds is 8. The second-order valence-corrected chi connectivity index (χ2v) is 8.26. The molecular weight excluding hydrogens is 338 g/mol. The Morgan fingerprint density at radius 2 is 1.70 bits per heavy atom. The lowest BCUT2D eigenvalue weighted by molar-refractivity contribution is -0.138. The lowest BCUT2D eigenvalue weighted by atomic mass is 9.91. The molecule has 1 aliphatic heterocycles. The quantitative estimate of drug-likeness (QED) is 0.530. The van der Waals surface area contributed by atoms with E-state index in [0.29, 0.717) is 6.54 Å². The highest BCUT2D eigenvalue weighted by Gasteiger charge is 2.35. The third kappa shape index (κ3) is 5.98. The number of carbonyl (C=O) groups is 2. The molecule has 2 amide bonds. The van der Waals surface area contributed by atoms with Crippen LogP contribution in [0.25, 0.3) is 0 Å². The van der Waals surface area contributed by atoms with Crippen molar-refractivity contribution in [2.24, 2.45) is 11.3 Å². The summed E-state index contributed by atoms with van der Waals surface area (Å²) in [7, 11) is 0. The van der Waals surface area contributed by atoms with Crippen LogP contribution in [0.1, 0.15) is 59.8 Å². The summed E-state index contributed by atoms with van der Waals surface area (Å²) in [6.07, 6.45) is 5.57. The minimum atomic E-state index is -1.10. The topological polar surface area (TPSA) is 61.4 Å². The standard InChI is InChI=1S/C22H35N3O2/c1-5-6-7-14-23-20(26)22(3,4)21(27)24-18-8-10-19(11-9-18)25-15-12-17(2)13-16-25/h8-11,17H,5-7,12-16H2,1-4H3,(H,23,26)(H,24,27). The van der Waals surface area contributed by atoms with Crippen molar-refractivity contribution in [1.82, 2.24) is 5.32 Å². The van der Waals surface area contributed by atoms with Gasteiger partial charge in [-0.25, -0.2) is 0 Å². The van der Waals surface area contributed by atoms with Gasteiger partial charge in [-0.3, -0.25) is 9.59 Å². The molecule has 5 heteroatoms. The molecule has 0 saturated carbocycles. The molecular formula is C22H35N3O2. The van der Waals surface area contributed by atoms with E-state index in [1.807, 2.05) is 24.3 Å². The van der Waals surface area contributed by atoms with Gasteiger partial charge < -0.3 is 15.5 Å². The first-order chi connectivity index (χ1) is 12.8. The van der Waals surface area contributed by atoms with Gasteiger partial charge in [-0.1, -0.05) is 26.7 Å². The highest BCUT2D eigenvalue weighted by molar-refractivity contribution is 6.09. The number of piperidine rings is 1. The summed E-state index contributed by atoms with van der Waals surface area (Å²) in [5.74, 6) is 0.292. The van der Waals surface area contributed by atoms with E-state index in [-0.39, 0.29) is 11.8 Å². The molecule has 150 valence electrons. The van der Waals surface area contributed by atoms with Crippen molar-refractivity contribution in [3.05, 3.63) is 24.3 Å². The zero-order chi connectivity index (χ0) is 19.9. The first kappa shape index (κ1) is 21.3. The molecule has 0 unspecified atom stereocenters. The second-order valence-electron chi connectivity index (χ2n) is 8.26. The minimum Gasteiger partial charge on any atom is -0.372 e. The maximum atomic E-state index is 12.6. The van der Waals surface area contributed by atoms with Gasteiger partial charge in [0, 0.05) is 31.0 Å². The molecule has 0 spiro atoms. The van der Waals surface area contributed by atoms with Gasteiger partial charge in [-0.15, -0.1) is 0 Å². The summed E-state index contributed by atoms with van der Waals surface area (Å²) in [5.41, 5.74) is 0.808. The smallest absolute Gasteiger partial charge is 0.239 e. The molecule has 27 heavy (non-hydrogen) atoms. The number of anilines is 2. The molecule has 1 aromatic rings. The monoisotopic (exact) mass is 373 g/mol. The molecule has 0 atom stereocenters. The van der Waals surface area contributed by atoms with E-state index in [2.05, 4.69) is 29.4 Å². The summed E-state index contributed by atoms with van der Waals surface area (Å²) in [4.78, 5) is 27.4. The normalized spacial score (nSPS) is 15.5. The number of amides is 2. The number of benzene rings is 1. The maximum absolute atomic E-state index is 12.6. The first-order valence-electron chi connectivity index (χ1n) is 10.3. The number of carbonyl (C=O) groups excluding carboxylic acids is 2. The molecule has 0 radical (unpaired) electrons. The van der Waals surface area contributed by atoms with Gasteiger partial charge in [0.15, 0.2) is 0 Å². The number of hydrogen-bond donors (Lipinski definition) is 2. The number of hydrogen-bond acceptors (Lipinski definition) is 3. The molecule has 2 N–H and O–H groups in total. The van der Waals surface area contributed by atoms with Gasteiger partial charge in [-0.05, 0) is 63.3 Å². The zero-order valence-electron chi connectivity index (χ0n) is 17.3. The van der Waals surface area contributed by atoms with Crippen LogP contribution >= 0.6 is 0 Å². The highest BCUT2D eigenvalue weighted by atomic mass is 16.2. The van der Waals surface area contributed by atoms with Gasteiger partial charge in [0.1, 0.15) is 5.41 Å². The largest absolute Gasteiger partial charge is 0.372 e. The molecule has 1 heterocycles. The van der Waals surface area contributed by atoms with E-state index >= 15 is 0 Å². The van der Waals surface area contributed by atoms with Gasteiger partial charge in [0.25, 0.3) is 0 Å². The minimum absolute atomic E-state index is 0.227. The third-order valence-corrected chi connectivity index (χ3v) is 5.48.